The molecule has 2 aromatic carbocycles. The van der Waals surface area contributed by atoms with Crippen LogP contribution in [0.25, 0.3) is 10.9 Å². The van der Waals surface area contributed by atoms with Crippen molar-refractivity contribution in [1.82, 2.24) is 15.1 Å². The lowest BCUT2D eigenvalue weighted by atomic mass is 10.1. The van der Waals surface area contributed by atoms with Crippen LogP contribution in [0.3, 0.4) is 0 Å². The van der Waals surface area contributed by atoms with Crippen molar-refractivity contribution in [1.29, 1.82) is 0 Å². The fourth-order valence-electron chi connectivity index (χ4n) is 4.24. The Morgan fingerprint density at radius 3 is 2.51 bits per heavy atom. The number of sulfonamides is 1. The van der Waals surface area contributed by atoms with Crippen LogP contribution in [0.2, 0.25) is 30.0 Å². The molecule has 1 amide bonds. The maximum Gasteiger partial charge on any atom is 0.277 e. The number of nitrogens with zero attached hydrogens (tertiary/aromatic N) is 3. The van der Waals surface area contributed by atoms with Crippen LogP contribution < -0.4 is 14.4 Å². The number of hydrogen-bond donors (Lipinski definition) is 1. The van der Waals surface area contributed by atoms with Crippen molar-refractivity contribution >= 4 is 63.7 Å². The van der Waals surface area contributed by atoms with E-state index in [1.165, 1.54) is 10.4 Å². The lowest BCUT2D eigenvalue weighted by Crippen LogP contribution is -2.34. The van der Waals surface area contributed by atoms with E-state index >= 15 is 0 Å². The van der Waals surface area contributed by atoms with Gasteiger partial charge in [0, 0.05) is 21.7 Å². The number of fused-ring (bicyclic) bond motifs is 1. The van der Waals surface area contributed by atoms with Crippen LogP contribution in [0.5, 0.6) is 5.75 Å². The molecule has 41 heavy (non-hydrogen) atoms. The first-order valence-corrected chi connectivity index (χ1v) is 19.4. The molecule has 0 fully saturated rings. The van der Waals surface area contributed by atoms with Crippen LogP contribution in [-0.2, 0) is 32.5 Å². The van der Waals surface area contributed by atoms with Crippen molar-refractivity contribution in [2.24, 2.45) is 0 Å². The first kappa shape index (κ1) is 31.0. The van der Waals surface area contributed by atoms with Crippen molar-refractivity contribution in [2.45, 2.75) is 42.9 Å². The zero-order chi connectivity index (χ0) is 29.8. The standard InChI is InChI=1S/C28H35ClN4O5S2Si/c1-30-25(34)17-20-8-6-9-21(16-20)18-32-22-10-7-11-23(37-2)27(22)28(31-32)33(19-38-14-15-41(3,4)5)40(35,36)26-13-12-24(29)39-26/h6-13,16H,14-15,17-19H2,1-5H3,(H,30,34). The number of carbonyl (C=O) groups is 1. The summed E-state index contributed by atoms with van der Waals surface area (Å²) >= 11 is 7.11. The molecule has 2 heterocycles. The van der Waals surface area contributed by atoms with E-state index < -0.39 is 18.1 Å². The van der Waals surface area contributed by atoms with E-state index in [1.54, 1.807) is 31.0 Å². The van der Waals surface area contributed by atoms with Gasteiger partial charge >= 0.3 is 0 Å². The molecular weight excluding hydrogens is 600 g/mol. The molecule has 0 atom stereocenters. The predicted molar refractivity (Wildman–Crippen MR) is 168 cm³/mol. The molecule has 13 heteroatoms. The van der Waals surface area contributed by atoms with E-state index in [-0.39, 0.29) is 29.1 Å². The average Bonchev–Trinajstić information content (AvgIpc) is 3.52. The van der Waals surface area contributed by atoms with Crippen molar-refractivity contribution in [2.75, 3.05) is 31.8 Å². The Morgan fingerprint density at radius 2 is 1.85 bits per heavy atom. The van der Waals surface area contributed by atoms with Gasteiger partial charge in [-0.3, -0.25) is 9.48 Å². The van der Waals surface area contributed by atoms with Crippen LogP contribution in [0.1, 0.15) is 11.1 Å². The highest BCUT2D eigenvalue weighted by atomic mass is 35.5. The molecule has 0 bridgehead atoms. The summed E-state index contributed by atoms with van der Waals surface area (Å²) in [7, 11) is -2.32. The normalized spacial score (nSPS) is 12.0. The Kier molecular flexibility index (Phi) is 9.80. The SMILES string of the molecule is CNC(=O)Cc1cccc(Cn2nc(N(COCC[Si](C)(C)C)S(=O)(=O)c3ccc(Cl)s3)c3c(OC)cccc32)c1. The predicted octanol–water partition coefficient (Wildman–Crippen LogP) is 5.60. The van der Waals surface area contributed by atoms with E-state index in [0.29, 0.717) is 34.1 Å². The van der Waals surface area contributed by atoms with Gasteiger partial charge in [0.1, 0.15) is 16.7 Å². The number of ether oxygens (including phenoxy) is 2. The van der Waals surface area contributed by atoms with Gasteiger partial charge in [0.2, 0.25) is 5.91 Å². The molecule has 0 radical (unpaired) electrons. The third-order valence-electron chi connectivity index (χ3n) is 6.44. The summed E-state index contributed by atoms with van der Waals surface area (Å²) in [4.78, 5) is 11.9. The van der Waals surface area contributed by atoms with Crippen LogP contribution in [0, 0.1) is 0 Å². The third-order valence-corrected chi connectivity index (χ3v) is 11.6. The van der Waals surface area contributed by atoms with Gasteiger partial charge in [0.05, 0.1) is 35.3 Å². The Hall–Kier alpha value is -2.90. The quantitative estimate of drug-likeness (QED) is 0.117. The summed E-state index contributed by atoms with van der Waals surface area (Å²) in [5, 5.41) is 8.03. The molecule has 220 valence electrons. The zero-order valence-corrected chi connectivity index (χ0v) is 27.2. The minimum absolute atomic E-state index is 0.0811. The first-order valence-electron chi connectivity index (χ1n) is 13.1. The van der Waals surface area contributed by atoms with Gasteiger partial charge in [-0.2, -0.15) is 5.10 Å². The van der Waals surface area contributed by atoms with Crippen molar-refractivity contribution in [3.05, 3.63) is 70.1 Å². The topological polar surface area (TPSA) is 103 Å². The second-order valence-corrected chi connectivity index (χ2v) is 20.2. The first-order chi connectivity index (χ1) is 19.4. The Morgan fingerprint density at radius 1 is 1.12 bits per heavy atom. The van der Waals surface area contributed by atoms with Gasteiger partial charge in [-0.1, -0.05) is 61.6 Å². The number of hydrogen-bond acceptors (Lipinski definition) is 7. The summed E-state index contributed by atoms with van der Waals surface area (Å²) in [5.74, 6) is 0.613. The molecule has 0 unspecified atom stereocenters. The van der Waals surface area contributed by atoms with Gasteiger partial charge in [-0.05, 0) is 41.4 Å². The summed E-state index contributed by atoms with van der Waals surface area (Å²) in [6, 6.07) is 17.1. The lowest BCUT2D eigenvalue weighted by Gasteiger charge is -2.23. The van der Waals surface area contributed by atoms with E-state index in [4.69, 9.17) is 26.2 Å². The number of methoxy groups -OCH3 is 1. The monoisotopic (exact) mass is 634 g/mol. The smallest absolute Gasteiger partial charge is 0.277 e. The Balaban J connectivity index is 1.80. The zero-order valence-electron chi connectivity index (χ0n) is 23.8. The number of thiophene rings is 1. The Bertz CT molecular complexity index is 1630. The van der Waals surface area contributed by atoms with Gasteiger partial charge in [-0.15, -0.1) is 11.3 Å². The van der Waals surface area contributed by atoms with Gasteiger partial charge in [0.15, 0.2) is 5.82 Å². The lowest BCUT2D eigenvalue weighted by molar-refractivity contribution is -0.119. The number of nitrogens with one attached hydrogen (secondary N) is 1. The molecule has 1 N–H and O–H groups in total. The number of aromatic nitrogens is 2. The van der Waals surface area contributed by atoms with Crippen molar-refractivity contribution < 1.29 is 22.7 Å². The number of rotatable bonds is 13. The molecule has 0 aliphatic rings. The van der Waals surface area contributed by atoms with Crippen LogP contribution in [-0.4, -0.2) is 59.7 Å². The van der Waals surface area contributed by atoms with Crippen molar-refractivity contribution in [3.8, 4) is 5.75 Å². The maximum atomic E-state index is 14.0. The van der Waals surface area contributed by atoms with Crippen molar-refractivity contribution in [3.63, 3.8) is 0 Å². The van der Waals surface area contributed by atoms with Gasteiger partial charge < -0.3 is 14.8 Å². The van der Waals surface area contributed by atoms with Crippen LogP contribution >= 0.6 is 22.9 Å². The second-order valence-electron chi connectivity index (χ2n) is 10.8. The molecule has 9 nitrogen and oxygen atoms in total. The fraction of sp³-hybridized carbons (Fsp3) is 0.357. The minimum Gasteiger partial charge on any atom is -0.496 e. The summed E-state index contributed by atoms with van der Waals surface area (Å²) in [6.07, 6.45) is 0.257. The molecular formula is C28H35ClN4O5S2Si. The number of benzene rings is 2. The van der Waals surface area contributed by atoms with Gasteiger partial charge in [0.25, 0.3) is 10.0 Å². The Labute approximate surface area is 251 Å². The van der Waals surface area contributed by atoms with Crippen LogP contribution in [0.4, 0.5) is 5.82 Å². The highest BCUT2D eigenvalue weighted by Gasteiger charge is 2.32. The van der Waals surface area contributed by atoms with E-state index in [9.17, 15) is 13.2 Å². The number of likely N-dealkylation sites (N-methyl/N-ethyl adjacent to an activating group) is 1. The molecule has 0 saturated carbocycles. The number of halogens is 1. The summed E-state index contributed by atoms with van der Waals surface area (Å²) in [6.45, 7) is 7.28. The van der Waals surface area contributed by atoms with E-state index in [2.05, 4.69) is 25.0 Å². The molecule has 2 aromatic heterocycles. The second kappa shape index (κ2) is 12.9. The molecule has 4 aromatic rings. The van der Waals surface area contributed by atoms with E-state index in [0.717, 1.165) is 28.5 Å². The minimum atomic E-state index is -4.07. The highest BCUT2D eigenvalue weighted by Crippen LogP contribution is 2.38. The molecule has 0 aliphatic heterocycles. The molecule has 4 rings (SSSR count). The molecule has 0 aliphatic carbocycles. The number of amides is 1. The van der Waals surface area contributed by atoms with E-state index in [1.807, 2.05) is 36.4 Å². The molecule has 0 saturated heterocycles. The largest absolute Gasteiger partial charge is 0.496 e. The summed E-state index contributed by atoms with van der Waals surface area (Å²) < 4.78 is 43.1. The third kappa shape index (κ3) is 7.49. The summed E-state index contributed by atoms with van der Waals surface area (Å²) in [5.41, 5.74) is 2.48. The molecule has 0 spiro atoms. The van der Waals surface area contributed by atoms with Gasteiger partial charge in [-0.25, -0.2) is 12.7 Å². The number of carbonyl (C=O) groups excluding carboxylic acids is 1. The fourth-order valence-corrected chi connectivity index (χ4v) is 7.90. The number of anilines is 1. The highest BCUT2D eigenvalue weighted by molar-refractivity contribution is 7.94. The average molecular weight is 635 g/mol. The van der Waals surface area contributed by atoms with Crippen LogP contribution in [0.15, 0.2) is 58.8 Å². The maximum absolute atomic E-state index is 14.0.